The molecule has 6 nitrogen and oxygen atoms in total. The Morgan fingerprint density at radius 2 is 1.10 bits per heavy atom. The minimum Gasteiger partial charge on any atom is -1.00 e. The van der Waals surface area contributed by atoms with Crippen LogP contribution >= 0.6 is 0 Å². The highest BCUT2D eigenvalue weighted by Crippen LogP contribution is 2.23. The van der Waals surface area contributed by atoms with Crippen molar-refractivity contribution in [3.8, 4) is 5.69 Å². The summed E-state index contributed by atoms with van der Waals surface area (Å²) in [6, 6.07) is 21.9. The molecule has 4 aromatic rings. The number of anilines is 2. The van der Waals surface area contributed by atoms with Crippen molar-refractivity contribution in [1.82, 2.24) is 4.98 Å². The van der Waals surface area contributed by atoms with Gasteiger partial charge >= 0.3 is 0 Å². The Labute approximate surface area is 250 Å². The first-order chi connectivity index (χ1) is 19.6. The van der Waals surface area contributed by atoms with Gasteiger partial charge in [-0.2, -0.15) is 0 Å². The van der Waals surface area contributed by atoms with Gasteiger partial charge in [-0.05, 0) is 37.1 Å². The van der Waals surface area contributed by atoms with Crippen molar-refractivity contribution < 1.29 is 26.6 Å². The van der Waals surface area contributed by atoms with Crippen molar-refractivity contribution >= 4 is 45.3 Å². The van der Waals surface area contributed by atoms with Crippen molar-refractivity contribution in [2.75, 3.05) is 10.6 Å². The lowest BCUT2D eigenvalue weighted by molar-refractivity contribution is -0.538. The molecule has 0 aliphatic carbocycles. The molecule has 41 heavy (non-hydrogen) atoms. The average Bonchev–Trinajstić information content (AvgIpc) is 2.96. The molecule has 1 heterocycles. The van der Waals surface area contributed by atoms with Gasteiger partial charge in [0.1, 0.15) is 11.0 Å². The molecular weight excluding hydrogens is 532 g/mol. The minimum absolute atomic E-state index is 0. The first kappa shape index (κ1) is 32.0. The summed E-state index contributed by atoms with van der Waals surface area (Å²) in [4.78, 5) is 30.2. The van der Waals surface area contributed by atoms with Gasteiger partial charge < -0.3 is 23.0 Å². The van der Waals surface area contributed by atoms with E-state index in [2.05, 4.69) is 41.2 Å². The van der Waals surface area contributed by atoms with E-state index >= 15 is 0 Å². The van der Waals surface area contributed by atoms with Gasteiger partial charge in [-0.3, -0.25) is 9.59 Å². The molecule has 0 unspecified atom stereocenters. The molecule has 7 heteroatoms. The molecule has 2 amide bonds. The zero-order chi connectivity index (χ0) is 28.2. The normalized spacial score (nSPS) is 10.9. The topological polar surface area (TPSA) is 75.0 Å². The average molecular weight is 575 g/mol. The molecule has 218 valence electrons. The molecule has 0 spiro atoms. The maximum atomic E-state index is 12.6. The number of benzene rings is 3. The number of aromatic nitrogens is 2. The summed E-state index contributed by atoms with van der Waals surface area (Å²) in [5.74, 6) is 0.0751. The third-order valence-electron chi connectivity index (χ3n) is 7.27. The zero-order valence-corrected chi connectivity index (χ0v) is 25.2. The fraction of sp³-hybridized carbons (Fsp3) is 0.412. The Bertz CT molecular complexity index is 1340. The van der Waals surface area contributed by atoms with Crippen LogP contribution in [0, 0.1) is 0 Å². The third kappa shape index (κ3) is 9.25. The van der Waals surface area contributed by atoms with E-state index in [1.54, 1.807) is 0 Å². The molecule has 0 aliphatic rings. The zero-order valence-electron chi connectivity index (χ0n) is 24.4. The van der Waals surface area contributed by atoms with Gasteiger partial charge in [-0.1, -0.05) is 83.4 Å². The summed E-state index contributed by atoms with van der Waals surface area (Å²) in [7, 11) is 0. The summed E-state index contributed by atoms with van der Waals surface area (Å²) in [6.07, 6.45) is 12.2. The van der Waals surface area contributed by atoms with E-state index in [4.69, 9.17) is 4.98 Å². The monoisotopic (exact) mass is 574 g/mol. The molecule has 1 aromatic heterocycles. The Morgan fingerprint density at radius 3 is 1.56 bits per heavy atom. The highest BCUT2D eigenvalue weighted by atomic mass is 35.5. The first-order valence-corrected chi connectivity index (χ1v) is 15.0. The smallest absolute Gasteiger partial charge is 0.239 e. The van der Waals surface area contributed by atoms with E-state index in [0.717, 1.165) is 64.8 Å². The van der Waals surface area contributed by atoms with Crippen LogP contribution in [0.5, 0.6) is 0 Å². The molecule has 0 saturated heterocycles. The van der Waals surface area contributed by atoms with E-state index in [1.165, 1.54) is 38.5 Å². The van der Waals surface area contributed by atoms with Crippen LogP contribution in [0.2, 0.25) is 0 Å². The highest BCUT2D eigenvalue weighted by molar-refractivity contribution is 5.95. The maximum absolute atomic E-state index is 12.6. The molecule has 0 fully saturated rings. The maximum Gasteiger partial charge on any atom is 0.239 e. The van der Waals surface area contributed by atoms with Gasteiger partial charge in [0.25, 0.3) is 0 Å². The number of amides is 2. The van der Waals surface area contributed by atoms with Gasteiger partial charge in [0, 0.05) is 48.5 Å². The number of nitrogens with zero attached hydrogens (tertiary/aromatic N) is 2. The second kappa shape index (κ2) is 16.7. The summed E-state index contributed by atoms with van der Waals surface area (Å²) in [6.45, 7) is 4.39. The Morgan fingerprint density at radius 1 is 0.634 bits per heavy atom. The second-order valence-corrected chi connectivity index (χ2v) is 10.6. The fourth-order valence-electron chi connectivity index (χ4n) is 5.09. The van der Waals surface area contributed by atoms with Crippen LogP contribution in [0.3, 0.4) is 0 Å². The van der Waals surface area contributed by atoms with Crippen molar-refractivity contribution in [2.45, 2.75) is 90.9 Å². The molecular formula is C34H43ClN4O2. The van der Waals surface area contributed by atoms with Crippen molar-refractivity contribution in [1.29, 1.82) is 0 Å². The number of carbonyl (C=O) groups is 2. The Hall–Kier alpha value is -3.51. The molecule has 0 bridgehead atoms. The van der Waals surface area contributed by atoms with Gasteiger partial charge in [-0.25, -0.2) is 4.98 Å². The van der Waals surface area contributed by atoms with Crippen molar-refractivity contribution in [2.24, 2.45) is 0 Å². The summed E-state index contributed by atoms with van der Waals surface area (Å²) in [5.41, 5.74) is 5.93. The Balaban J connectivity index is 0.00000462. The lowest BCUT2D eigenvalue weighted by Gasteiger charge is -2.10. The SMILES string of the molecule is CCCCCCCC(=O)Nc1ccc2nc3ccc(NC(=O)CCCCCCC)cc3[n+](-c3ccccc3)c2c1.[Cl-]. The molecule has 2 N–H and O–H groups in total. The summed E-state index contributed by atoms with van der Waals surface area (Å²) < 4.78 is 2.15. The number of fused-ring (bicyclic) bond motifs is 2. The number of hydrogen-bond acceptors (Lipinski definition) is 3. The summed E-state index contributed by atoms with van der Waals surface area (Å²) >= 11 is 0. The van der Waals surface area contributed by atoms with Gasteiger partial charge in [-0.15, -0.1) is 4.57 Å². The number of halogens is 1. The molecule has 0 saturated carbocycles. The lowest BCUT2D eigenvalue weighted by atomic mass is 10.1. The van der Waals surface area contributed by atoms with E-state index in [0.29, 0.717) is 12.8 Å². The molecule has 4 rings (SSSR count). The van der Waals surface area contributed by atoms with E-state index < -0.39 is 0 Å². The van der Waals surface area contributed by atoms with Crippen LogP contribution in [0.1, 0.15) is 90.9 Å². The number of carbonyl (C=O) groups excluding carboxylic acids is 2. The first-order valence-electron chi connectivity index (χ1n) is 15.0. The van der Waals surface area contributed by atoms with Crippen LogP contribution < -0.4 is 27.6 Å². The fourth-order valence-corrected chi connectivity index (χ4v) is 5.09. The molecule has 0 radical (unpaired) electrons. The van der Waals surface area contributed by atoms with Crippen molar-refractivity contribution in [3.63, 3.8) is 0 Å². The molecule has 0 aliphatic heterocycles. The third-order valence-corrected chi connectivity index (χ3v) is 7.27. The van der Waals surface area contributed by atoms with Crippen LogP contribution in [-0.4, -0.2) is 16.8 Å². The van der Waals surface area contributed by atoms with Crippen LogP contribution in [0.25, 0.3) is 27.8 Å². The predicted molar refractivity (Wildman–Crippen MR) is 165 cm³/mol. The van der Waals surface area contributed by atoms with Crippen LogP contribution in [-0.2, 0) is 9.59 Å². The lowest BCUT2D eigenvalue weighted by Crippen LogP contribution is -3.00. The quantitative estimate of drug-likeness (QED) is 0.115. The number of hydrogen-bond donors (Lipinski definition) is 2. The van der Waals surface area contributed by atoms with Crippen LogP contribution in [0.15, 0.2) is 66.7 Å². The van der Waals surface area contributed by atoms with E-state index in [-0.39, 0.29) is 24.2 Å². The largest absolute Gasteiger partial charge is 1.00 e. The highest BCUT2D eigenvalue weighted by Gasteiger charge is 2.21. The number of nitrogens with one attached hydrogen (secondary N) is 2. The van der Waals surface area contributed by atoms with Crippen LogP contribution in [0.4, 0.5) is 11.4 Å². The Kier molecular flexibility index (Phi) is 13.0. The number of rotatable bonds is 15. The second-order valence-electron chi connectivity index (χ2n) is 10.6. The van der Waals surface area contributed by atoms with E-state index in [1.807, 2.05) is 54.6 Å². The van der Waals surface area contributed by atoms with Crippen molar-refractivity contribution in [3.05, 3.63) is 66.7 Å². The summed E-state index contributed by atoms with van der Waals surface area (Å²) in [5, 5.41) is 6.17. The molecule has 0 atom stereocenters. The van der Waals surface area contributed by atoms with E-state index in [9.17, 15) is 9.59 Å². The number of para-hydroxylation sites is 1. The molecule has 3 aromatic carbocycles. The minimum atomic E-state index is 0. The van der Waals surface area contributed by atoms with Gasteiger partial charge in [0.15, 0.2) is 0 Å². The number of unbranched alkanes of at least 4 members (excludes halogenated alkanes) is 8. The predicted octanol–water partition coefficient (Wildman–Crippen LogP) is 5.27. The van der Waals surface area contributed by atoms with Gasteiger partial charge in [0.2, 0.25) is 28.5 Å². The van der Waals surface area contributed by atoms with Gasteiger partial charge in [0.05, 0.1) is 0 Å². The standard InChI is InChI=1S/C34H42N4O2.ClH/c1-3-5-7-9-14-18-33(39)35-26-20-22-29-31(24-26)38(28-16-12-11-13-17-28)32-25-27(21-23-30(32)37-29)36-34(40)19-15-10-8-6-4-2;/h11-13,16-17,20-25H,3-10,14-15,18-19H2,1-2H3,(H,35,36,39,40);1H.